The zero-order chi connectivity index (χ0) is 7.40. The van der Waals surface area contributed by atoms with Crippen molar-refractivity contribution in [2.75, 3.05) is 6.54 Å². The molecule has 1 aromatic heterocycles. The molecule has 0 saturated carbocycles. The Bertz CT molecular complexity index is 195. The zero-order valence-electron chi connectivity index (χ0n) is 5.45. The molecule has 0 aliphatic heterocycles. The second-order valence-electron chi connectivity index (χ2n) is 1.99. The van der Waals surface area contributed by atoms with Gasteiger partial charge in [0.05, 0.1) is 12.2 Å². The summed E-state index contributed by atoms with van der Waals surface area (Å²) in [5.41, 5.74) is 6.07. The number of H-pyrrole nitrogens is 1. The number of hydrogen-bond acceptors (Lipinski definition) is 3. The fraction of sp³-hybridized carbons (Fsp3) is 0.333. The van der Waals surface area contributed by atoms with Crippen molar-refractivity contribution in [2.45, 2.75) is 5.92 Å². The highest BCUT2D eigenvalue weighted by Gasteiger charge is 2.07. The molecule has 54 valence electrons. The molecule has 0 bridgehead atoms. The average Bonchev–Trinajstić information content (AvgIpc) is 2.43. The second kappa shape index (κ2) is 3.12. The van der Waals surface area contributed by atoms with Crippen LogP contribution in [0.4, 0.5) is 0 Å². The third-order valence-electron chi connectivity index (χ3n) is 1.34. The van der Waals surface area contributed by atoms with Crippen molar-refractivity contribution >= 4 is 6.29 Å². The first-order valence-corrected chi connectivity index (χ1v) is 3.02. The van der Waals surface area contributed by atoms with Gasteiger partial charge in [-0.3, -0.25) is 0 Å². The second-order valence-corrected chi connectivity index (χ2v) is 1.99. The lowest BCUT2D eigenvalue weighted by Crippen LogP contribution is -2.13. The summed E-state index contributed by atoms with van der Waals surface area (Å²) in [7, 11) is 0. The van der Waals surface area contributed by atoms with Gasteiger partial charge in [0.1, 0.15) is 6.29 Å². The molecule has 0 amide bonds. The van der Waals surface area contributed by atoms with E-state index in [-0.39, 0.29) is 5.92 Å². The quantitative estimate of drug-likeness (QED) is 0.562. The van der Waals surface area contributed by atoms with Crippen molar-refractivity contribution < 1.29 is 4.79 Å². The van der Waals surface area contributed by atoms with E-state index in [4.69, 9.17) is 5.73 Å². The molecule has 0 aliphatic carbocycles. The summed E-state index contributed by atoms with van der Waals surface area (Å²) in [5.74, 6) is -0.234. The van der Waals surface area contributed by atoms with Gasteiger partial charge in [-0.05, 0) is 0 Å². The Morgan fingerprint density at radius 2 is 2.70 bits per heavy atom. The van der Waals surface area contributed by atoms with E-state index in [1.54, 1.807) is 6.20 Å². The lowest BCUT2D eigenvalue weighted by atomic mass is 10.1. The van der Waals surface area contributed by atoms with E-state index >= 15 is 0 Å². The molecular formula is C6H9N3O. The molecule has 4 nitrogen and oxygen atoms in total. The molecule has 0 aliphatic rings. The Morgan fingerprint density at radius 1 is 1.90 bits per heavy atom. The standard InChI is InChI=1S/C6H9N3O/c7-1-5(3-10)6-2-8-4-9-6/h2-5H,1,7H2,(H,8,9). The molecule has 10 heavy (non-hydrogen) atoms. The van der Waals surface area contributed by atoms with Gasteiger partial charge < -0.3 is 15.5 Å². The smallest absolute Gasteiger partial charge is 0.130 e. The summed E-state index contributed by atoms with van der Waals surface area (Å²) < 4.78 is 0. The predicted molar refractivity (Wildman–Crippen MR) is 36.4 cm³/mol. The Morgan fingerprint density at radius 3 is 3.10 bits per heavy atom. The minimum Gasteiger partial charge on any atom is -0.348 e. The average molecular weight is 139 g/mol. The normalized spacial score (nSPS) is 12.9. The van der Waals surface area contributed by atoms with Crippen molar-refractivity contribution in [3.8, 4) is 0 Å². The number of imidazole rings is 1. The Balaban J connectivity index is 2.73. The maximum absolute atomic E-state index is 10.3. The third-order valence-corrected chi connectivity index (χ3v) is 1.34. The van der Waals surface area contributed by atoms with Crippen LogP contribution in [0.15, 0.2) is 12.5 Å². The van der Waals surface area contributed by atoms with Crippen molar-refractivity contribution in [3.05, 3.63) is 18.2 Å². The van der Waals surface area contributed by atoms with Gasteiger partial charge in [-0.25, -0.2) is 4.98 Å². The number of hydrogen-bond donors (Lipinski definition) is 2. The summed E-state index contributed by atoms with van der Waals surface area (Å²) in [4.78, 5) is 16.9. The summed E-state index contributed by atoms with van der Waals surface area (Å²) in [6.07, 6.45) is 3.95. The predicted octanol–water partition coefficient (Wildman–Crippen LogP) is -0.349. The van der Waals surface area contributed by atoms with Gasteiger partial charge in [0.25, 0.3) is 0 Å². The van der Waals surface area contributed by atoms with Crippen LogP contribution in [0.1, 0.15) is 11.6 Å². The summed E-state index contributed by atoms with van der Waals surface area (Å²) in [5, 5.41) is 0. The van der Waals surface area contributed by atoms with Gasteiger partial charge in [0.15, 0.2) is 0 Å². The van der Waals surface area contributed by atoms with E-state index < -0.39 is 0 Å². The first-order chi connectivity index (χ1) is 4.88. The maximum atomic E-state index is 10.3. The first-order valence-electron chi connectivity index (χ1n) is 3.02. The van der Waals surface area contributed by atoms with Crippen LogP contribution in [0.3, 0.4) is 0 Å². The molecule has 1 heterocycles. The van der Waals surface area contributed by atoms with Gasteiger partial charge in [-0.15, -0.1) is 0 Å². The molecule has 0 spiro atoms. The summed E-state index contributed by atoms with van der Waals surface area (Å²) in [6, 6.07) is 0. The largest absolute Gasteiger partial charge is 0.348 e. The fourth-order valence-electron chi connectivity index (χ4n) is 0.725. The van der Waals surface area contributed by atoms with E-state index in [0.717, 1.165) is 12.0 Å². The molecule has 0 aromatic carbocycles. The highest BCUT2D eigenvalue weighted by atomic mass is 16.1. The molecule has 0 saturated heterocycles. The van der Waals surface area contributed by atoms with Gasteiger partial charge in [-0.1, -0.05) is 0 Å². The van der Waals surface area contributed by atoms with Crippen LogP contribution in [-0.4, -0.2) is 22.8 Å². The van der Waals surface area contributed by atoms with Crippen molar-refractivity contribution in [1.29, 1.82) is 0 Å². The molecule has 4 heteroatoms. The van der Waals surface area contributed by atoms with Gasteiger partial charge >= 0.3 is 0 Å². The number of nitrogens with two attached hydrogens (primary N) is 1. The third kappa shape index (κ3) is 1.22. The maximum Gasteiger partial charge on any atom is 0.130 e. The number of nitrogens with one attached hydrogen (secondary N) is 1. The molecule has 3 N–H and O–H groups in total. The Labute approximate surface area is 58.5 Å². The highest BCUT2D eigenvalue weighted by Crippen LogP contribution is 2.05. The lowest BCUT2D eigenvalue weighted by molar-refractivity contribution is -0.108. The van der Waals surface area contributed by atoms with Crippen LogP contribution in [0.5, 0.6) is 0 Å². The molecule has 1 rings (SSSR count). The topological polar surface area (TPSA) is 71.8 Å². The van der Waals surface area contributed by atoms with Crippen LogP contribution in [-0.2, 0) is 4.79 Å². The molecule has 1 atom stereocenters. The van der Waals surface area contributed by atoms with Crippen LogP contribution in [0, 0.1) is 0 Å². The van der Waals surface area contributed by atoms with Crippen LogP contribution in [0.25, 0.3) is 0 Å². The Hall–Kier alpha value is -1.16. The van der Waals surface area contributed by atoms with E-state index in [2.05, 4.69) is 9.97 Å². The monoisotopic (exact) mass is 139 g/mol. The lowest BCUT2D eigenvalue weighted by Gasteiger charge is -2.00. The fourth-order valence-corrected chi connectivity index (χ4v) is 0.725. The van der Waals surface area contributed by atoms with Crippen LogP contribution >= 0.6 is 0 Å². The molecule has 0 radical (unpaired) electrons. The number of rotatable bonds is 3. The minimum absolute atomic E-state index is 0.234. The van der Waals surface area contributed by atoms with Crippen molar-refractivity contribution in [3.63, 3.8) is 0 Å². The molecule has 1 unspecified atom stereocenters. The van der Waals surface area contributed by atoms with E-state index in [0.29, 0.717) is 6.54 Å². The molecular weight excluding hydrogens is 130 g/mol. The number of carbonyl (C=O) groups is 1. The van der Waals surface area contributed by atoms with Gasteiger partial charge in [0.2, 0.25) is 0 Å². The molecule has 0 fully saturated rings. The van der Waals surface area contributed by atoms with Gasteiger partial charge in [-0.2, -0.15) is 0 Å². The number of aromatic nitrogens is 2. The van der Waals surface area contributed by atoms with Gasteiger partial charge in [0, 0.05) is 18.4 Å². The van der Waals surface area contributed by atoms with Crippen LogP contribution in [0.2, 0.25) is 0 Å². The van der Waals surface area contributed by atoms with Crippen molar-refractivity contribution in [2.24, 2.45) is 5.73 Å². The number of aromatic amines is 1. The van der Waals surface area contributed by atoms with E-state index in [1.165, 1.54) is 6.33 Å². The first kappa shape index (κ1) is 6.95. The van der Waals surface area contributed by atoms with Crippen LogP contribution < -0.4 is 5.73 Å². The van der Waals surface area contributed by atoms with Crippen molar-refractivity contribution in [1.82, 2.24) is 9.97 Å². The molecule has 1 aromatic rings. The SMILES string of the molecule is NCC(C=O)c1cnc[nH]1. The van der Waals surface area contributed by atoms with E-state index in [1.807, 2.05) is 0 Å². The Kier molecular flexibility index (Phi) is 2.17. The minimum atomic E-state index is -0.234. The number of carbonyl (C=O) groups excluding carboxylic acids is 1. The summed E-state index contributed by atoms with van der Waals surface area (Å²) in [6.45, 7) is 0.325. The zero-order valence-corrected chi connectivity index (χ0v) is 5.45. The van der Waals surface area contributed by atoms with E-state index in [9.17, 15) is 4.79 Å². The summed E-state index contributed by atoms with van der Waals surface area (Å²) >= 11 is 0. The number of aldehydes is 1. The number of nitrogens with zero attached hydrogens (tertiary/aromatic N) is 1. The highest BCUT2D eigenvalue weighted by molar-refractivity contribution is 5.60.